The van der Waals surface area contributed by atoms with Gasteiger partial charge in [-0.25, -0.2) is 4.79 Å². The molecule has 92 valence electrons. The number of rotatable bonds is 4. The number of amides is 2. The molecular weight excluding hydrogens is 204 g/mol. The Morgan fingerprint density at radius 3 is 2.69 bits per heavy atom. The summed E-state index contributed by atoms with van der Waals surface area (Å²) in [7, 11) is 0. The van der Waals surface area contributed by atoms with E-state index < -0.39 is 0 Å². The van der Waals surface area contributed by atoms with E-state index >= 15 is 0 Å². The average molecular weight is 226 g/mol. The average Bonchev–Trinajstić information content (AvgIpc) is 2.34. The van der Waals surface area contributed by atoms with Gasteiger partial charge < -0.3 is 15.3 Å². The minimum Gasteiger partial charge on any atom is -0.395 e. The van der Waals surface area contributed by atoms with Crippen molar-refractivity contribution in [3.05, 3.63) is 11.8 Å². The number of carbonyl (C=O) groups excluding carboxylic acids is 1. The molecule has 0 aliphatic heterocycles. The Bertz CT molecular complexity index is 243. The SMILES string of the molecule is CCN(CCO)C(=O)NC=C1CCCCC1. The summed E-state index contributed by atoms with van der Waals surface area (Å²) in [5, 5.41) is 11.6. The van der Waals surface area contributed by atoms with Gasteiger partial charge >= 0.3 is 6.03 Å². The molecule has 0 atom stereocenters. The summed E-state index contributed by atoms with van der Waals surface area (Å²) >= 11 is 0. The Balaban J connectivity index is 2.37. The van der Waals surface area contributed by atoms with Crippen LogP contribution in [0.25, 0.3) is 0 Å². The Hall–Kier alpha value is -1.03. The van der Waals surface area contributed by atoms with Gasteiger partial charge in [0.1, 0.15) is 0 Å². The van der Waals surface area contributed by atoms with Gasteiger partial charge in [0.2, 0.25) is 0 Å². The third kappa shape index (κ3) is 4.23. The second-order valence-electron chi connectivity index (χ2n) is 4.12. The van der Waals surface area contributed by atoms with Crippen molar-refractivity contribution in [2.24, 2.45) is 0 Å². The molecular formula is C12H22N2O2. The number of allylic oxidation sites excluding steroid dienone is 1. The van der Waals surface area contributed by atoms with E-state index in [9.17, 15) is 4.79 Å². The van der Waals surface area contributed by atoms with E-state index in [1.54, 1.807) is 4.90 Å². The van der Waals surface area contributed by atoms with Crippen molar-refractivity contribution < 1.29 is 9.90 Å². The van der Waals surface area contributed by atoms with Crippen LogP contribution in [0.5, 0.6) is 0 Å². The number of nitrogens with zero attached hydrogens (tertiary/aromatic N) is 1. The molecule has 1 fully saturated rings. The zero-order valence-corrected chi connectivity index (χ0v) is 10.0. The van der Waals surface area contributed by atoms with Crippen molar-refractivity contribution in [1.82, 2.24) is 10.2 Å². The van der Waals surface area contributed by atoms with Crippen molar-refractivity contribution in [2.75, 3.05) is 19.7 Å². The molecule has 0 bridgehead atoms. The Morgan fingerprint density at radius 1 is 1.44 bits per heavy atom. The lowest BCUT2D eigenvalue weighted by Gasteiger charge is -2.20. The summed E-state index contributed by atoms with van der Waals surface area (Å²) in [6.07, 6.45) is 7.82. The Labute approximate surface area is 97.3 Å². The predicted octanol–water partition coefficient (Wildman–Crippen LogP) is 1.86. The van der Waals surface area contributed by atoms with Crippen LogP contribution in [-0.2, 0) is 0 Å². The van der Waals surface area contributed by atoms with Crippen molar-refractivity contribution >= 4 is 6.03 Å². The number of nitrogens with one attached hydrogen (secondary N) is 1. The summed E-state index contributed by atoms with van der Waals surface area (Å²) in [4.78, 5) is 13.3. The summed E-state index contributed by atoms with van der Waals surface area (Å²) in [6.45, 7) is 2.93. The van der Waals surface area contributed by atoms with Crippen LogP contribution >= 0.6 is 0 Å². The second-order valence-corrected chi connectivity index (χ2v) is 4.12. The molecule has 0 aromatic rings. The quantitative estimate of drug-likeness (QED) is 0.768. The first-order chi connectivity index (χ1) is 7.77. The highest BCUT2D eigenvalue weighted by Gasteiger charge is 2.10. The first-order valence-electron chi connectivity index (χ1n) is 6.12. The van der Waals surface area contributed by atoms with Crippen molar-refractivity contribution in [1.29, 1.82) is 0 Å². The lowest BCUT2D eigenvalue weighted by Crippen LogP contribution is -2.39. The number of carbonyl (C=O) groups is 1. The third-order valence-electron chi connectivity index (χ3n) is 2.93. The van der Waals surface area contributed by atoms with Crippen LogP contribution in [0.3, 0.4) is 0 Å². The number of urea groups is 1. The summed E-state index contributed by atoms with van der Waals surface area (Å²) < 4.78 is 0. The van der Waals surface area contributed by atoms with Crippen LogP contribution in [0.4, 0.5) is 4.79 Å². The highest BCUT2D eigenvalue weighted by Crippen LogP contribution is 2.21. The molecule has 0 unspecified atom stereocenters. The topological polar surface area (TPSA) is 52.6 Å². The molecule has 0 heterocycles. The van der Waals surface area contributed by atoms with Crippen LogP contribution < -0.4 is 5.32 Å². The minimum absolute atomic E-state index is 0.0117. The number of aliphatic hydroxyl groups excluding tert-OH is 1. The summed E-state index contributed by atoms with van der Waals surface area (Å²) in [5.41, 5.74) is 1.33. The second kappa shape index (κ2) is 7.28. The zero-order valence-electron chi connectivity index (χ0n) is 10.0. The molecule has 0 saturated heterocycles. The highest BCUT2D eigenvalue weighted by molar-refractivity contribution is 5.75. The lowest BCUT2D eigenvalue weighted by molar-refractivity contribution is 0.183. The number of likely N-dealkylation sites (N-methyl/N-ethyl adjacent to an activating group) is 1. The van der Waals surface area contributed by atoms with Crippen molar-refractivity contribution in [3.8, 4) is 0 Å². The fraction of sp³-hybridized carbons (Fsp3) is 0.750. The van der Waals surface area contributed by atoms with Crippen LogP contribution in [-0.4, -0.2) is 35.7 Å². The first kappa shape index (κ1) is 13.0. The van der Waals surface area contributed by atoms with Gasteiger partial charge in [-0.1, -0.05) is 12.0 Å². The first-order valence-corrected chi connectivity index (χ1v) is 6.12. The molecule has 0 aromatic carbocycles. The van der Waals surface area contributed by atoms with Gasteiger partial charge in [-0.3, -0.25) is 0 Å². The largest absolute Gasteiger partial charge is 0.395 e. The molecule has 2 N–H and O–H groups in total. The third-order valence-corrected chi connectivity index (χ3v) is 2.93. The molecule has 1 aliphatic rings. The predicted molar refractivity (Wildman–Crippen MR) is 64.0 cm³/mol. The van der Waals surface area contributed by atoms with Crippen LogP contribution in [0.1, 0.15) is 39.0 Å². The van der Waals surface area contributed by atoms with Crippen molar-refractivity contribution in [2.45, 2.75) is 39.0 Å². The molecule has 1 saturated carbocycles. The van der Waals surface area contributed by atoms with Gasteiger partial charge in [0.05, 0.1) is 6.61 Å². The number of hydrogen-bond donors (Lipinski definition) is 2. The maximum atomic E-state index is 11.7. The van der Waals surface area contributed by atoms with E-state index in [-0.39, 0.29) is 12.6 Å². The highest BCUT2D eigenvalue weighted by atomic mass is 16.3. The van der Waals surface area contributed by atoms with Gasteiger partial charge in [0, 0.05) is 19.3 Å². The fourth-order valence-electron chi connectivity index (χ4n) is 1.93. The maximum Gasteiger partial charge on any atom is 0.321 e. The van der Waals surface area contributed by atoms with E-state index in [2.05, 4.69) is 5.32 Å². The van der Waals surface area contributed by atoms with Crippen LogP contribution in [0.15, 0.2) is 11.8 Å². The molecule has 0 aromatic heterocycles. The molecule has 16 heavy (non-hydrogen) atoms. The standard InChI is InChI=1S/C12H22N2O2/c1-2-14(8-9-15)12(16)13-10-11-6-4-3-5-7-11/h10,15H,2-9H2,1H3,(H,13,16). The molecule has 0 radical (unpaired) electrons. The Kier molecular flexibility index (Phi) is 5.93. The maximum absolute atomic E-state index is 11.7. The summed E-state index contributed by atoms with van der Waals surface area (Å²) in [5.74, 6) is 0. The van der Waals surface area contributed by atoms with Crippen LogP contribution in [0, 0.1) is 0 Å². The molecule has 1 rings (SSSR count). The van der Waals surface area contributed by atoms with Gasteiger partial charge in [0.15, 0.2) is 0 Å². The molecule has 1 aliphatic carbocycles. The smallest absolute Gasteiger partial charge is 0.321 e. The normalized spacial score (nSPS) is 15.8. The van der Waals surface area contributed by atoms with E-state index in [0.717, 1.165) is 12.8 Å². The fourth-order valence-corrected chi connectivity index (χ4v) is 1.93. The molecule has 2 amide bonds. The Morgan fingerprint density at radius 2 is 2.12 bits per heavy atom. The monoisotopic (exact) mass is 226 g/mol. The van der Waals surface area contributed by atoms with Gasteiger partial charge in [-0.05, 0) is 32.6 Å². The number of aliphatic hydroxyl groups is 1. The lowest BCUT2D eigenvalue weighted by atomic mass is 9.96. The van der Waals surface area contributed by atoms with E-state index in [4.69, 9.17) is 5.11 Å². The van der Waals surface area contributed by atoms with Gasteiger partial charge in [0.25, 0.3) is 0 Å². The summed E-state index contributed by atoms with van der Waals surface area (Å²) in [6, 6.07) is -0.116. The van der Waals surface area contributed by atoms with E-state index in [1.807, 2.05) is 13.1 Å². The molecule has 4 nitrogen and oxygen atoms in total. The number of hydrogen-bond acceptors (Lipinski definition) is 2. The van der Waals surface area contributed by atoms with Gasteiger partial charge in [-0.2, -0.15) is 0 Å². The zero-order chi connectivity index (χ0) is 11.8. The molecule has 4 heteroatoms. The van der Waals surface area contributed by atoms with E-state index in [1.165, 1.54) is 24.8 Å². The van der Waals surface area contributed by atoms with Crippen molar-refractivity contribution in [3.63, 3.8) is 0 Å². The molecule has 0 spiro atoms. The van der Waals surface area contributed by atoms with Gasteiger partial charge in [-0.15, -0.1) is 0 Å². The van der Waals surface area contributed by atoms with Crippen LogP contribution in [0.2, 0.25) is 0 Å². The van der Waals surface area contributed by atoms with E-state index in [0.29, 0.717) is 13.1 Å². The minimum atomic E-state index is -0.116.